The molecule has 0 bridgehead atoms. The number of carbonyl (C=O) groups is 2. The van der Waals surface area contributed by atoms with Gasteiger partial charge in [0.05, 0.1) is 6.54 Å². The highest BCUT2D eigenvalue weighted by Crippen LogP contribution is 2.17. The minimum Gasteiger partial charge on any atom is -0.385 e. The Morgan fingerprint density at radius 3 is 2.41 bits per heavy atom. The lowest BCUT2D eigenvalue weighted by Crippen LogP contribution is -2.44. The van der Waals surface area contributed by atoms with E-state index in [4.69, 9.17) is 16.3 Å². The van der Waals surface area contributed by atoms with Gasteiger partial charge in [-0.3, -0.25) is 4.79 Å². The van der Waals surface area contributed by atoms with Crippen LogP contribution in [-0.2, 0) is 22.6 Å². The topological polar surface area (TPSA) is 61.9 Å². The molecule has 0 aliphatic rings. The number of halogens is 2. The third-order valence-corrected chi connectivity index (χ3v) is 6.16. The number of amides is 3. The van der Waals surface area contributed by atoms with E-state index in [1.54, 1.807) is 59.7 Å². The fourth-order valence-electron chi connectivity index (χ4n) is 3.28. The van der Waals surface area contributed by atoms with Gasteiger partial charge in [-0.25, -0.2) is 9.18 Å². The molecule has 3 amide bonds. The molecule has 0 saturated carbocycles. The number of rotatable bonds is 11. The van der Waals surface area contributed by atoms with Crippen molar-refractivity contribution in [2.75, 3.05) is 32.1 Å². The average Bonchev–Trinajstić information content (AvgIpc) is 3.34. The third-order valence-electron chi connectivity index (χ3n) is 5.05. The fourth-order valence-corrected chi connectivity index (χ4v) is 4.13. The van der Waals surface area contributed by atoms with Crippen molar-refractivity contribution in [2.45, 2.75) is 19.5 Å². The Labute approximate surface area is 207 Å². The number of hydrogen-bond acceptors (Lipinski definition) is 4. The van der Waals surface area contributed by atoms with Crippen molar-refractivity contribution in [2.24, 2.45) is 0 Å². The van der Waals surface area contributed by atoms with Crippen LogP contribution >= 0.6 is 22.9 Å². The zero-order valence-corrected chi connectivity index (χ0v) is 20.4. The lowest BCUT2D eigenvalue weighted by Gasteiger charge is -2.28. The van der Waals surface area contributed by atoms with Crippen LogP contribution in [0, 0.1) is 5.82 Å². The number of thiophene rings is 1. The molecular weight excluding hydrogens is 477 g/mol. The molecule has 1 aromatic heterocycles. The van der Waals surface area contributed by atoms with Gasteiger partial charge in [0.25, 0.3) is 0 Å². The molecule has 0 spiro atoms. The minimum atomic E-state index is -0.385. The molecule has 1 N–H and O–H groups in total. The summed E-state index contributed by atoms with van der Waals surface area (Å²) in [4.78, 5) is 30.5. The molecule has 3 aromatic rings. The zero-order chi connectivity index (χ0) is 24.3. The number of urea groups is 1. The van der Waals surface area contributed by atoms with Crippen LogP contribution in [0.1, 0.15) is 16.9 Å². The first-order chi connectivity index (χ1) is 16.4. The van der Waals surface area contributed by atoms with Crippen LogP contribution in [0.3, 0.4) is 0 Å². The average molecular weight is 504 g/mol. The largest absolute Gasteiger partial charge is 0.385 e. The lowest BCUT2D eigenvalue weighted by atomic mass is 10.2. The first kappa shape index (κ1) is 25.7. The van der Waals surface area contributed by atoms with Crippen LogP contribution in [-0.4, -0.2) is 48.5 Å². The molecule has 0 atom stereocenters. The van der Waals surface area contributed by atoms with Gasteiger partial charge in [-0.1, -0.05) is 29.8 Å². The van der Waals surface area contributed by atoms with Gasteiger partial charge in [-0.15, -0.1) is 11.3 Å². The minimum absolute atomic E-state index is 0.101. The molecule has 34 heavy (non-hydrogen) atoms. The van der Waals surface area contributed by atoms with Gasteiger partial charge in [0.2, 0.25) is 5.91 Å². The standard InChI is InChI=1S/C25H27ClFN3O3S/c1-33-14-3-13-29(25(32)28-22-11-7-20(26)8-12-22)18-24(31)30(17-23-4-2-15-34-23)16-19-5-9-21(27)10-6-19/h2,4-12,15H,3,13-14,16-18H2,1H3,(H,28,32). The van der Waals surface area contributed by atoms with Crippen molar-refractivity contribution < 1.29 is 18.7 Å². The van der Waals surface area contributed by atoms with Crippen LogP contribution in [0.5, 0.6) is 0 Å². The number of anilines is 1. The molecule has 0 aliphatic carbocycles. The van der Waals surface area contributed by atoms with Crippen molar-refractivity contribution in [1.82, 2.24) is 9.80 Å². The SMILES string of the molecule is COCCCN(CC(=O)N(Cc1ccc(F)cc1)Cc1cccs1)C(=O)Nc1ccc(Cl)cc1. The van der Waals surface area contributed by atoms with E-state index in [1.807, 2.05) is 17.5 Å². The highest BCUT2D eigenvalue weighted by molar-refractivity contribution is 7.09. The number of nitrogens with one attached hydrogen (secondary N) is 1. The van der Waals surface area contributed by atoms with E-state index in [1.165, 1.54) is 17.0 Å². The van der Waals surface area contributed by atoms with Crippen LogP contribution in [0.25, 0.3) is 0 Å². The lowest BCUT2D eigenvalue weighted by molar-refractivity contribution is -0.133. The maximum absolute atomic E-state index is 13.4. The van der Waals surface area contributed by atoms with Gasteiger partial charge >= 0.3 is 6.03 Å². The van der Waals surface area contributed by atoms with Crippen molar-refractivity contribution >= 4 is 40.6 Å². The van der Waals surface area contributed by atoms with E-state index in [0.717, 1.165) is 10.4 Å². The molecule has 6 nitrogen and oxygen atoms in total. The molecule has 0 fully saturated rings. The van der Waals surface area contributed by atoms with Gasteiger partial charge in [0.1, 0.15) is 12.4 Å². The Kier molecular flexibility index (Phi) is 9.88. The summed E-state index contributed by atoms with van der Waals surface area (Å²) >= 11 is 7.48. The Morgan fingerprint density at radius 1 is 1.03 bits per heavy atom. The molecule has 0 saturated heterocycles. The smallest absolute Gasteiger partial charge is 0.322 e. The number of hydrogen-bond donors (Lipinski definition) is 1. The van der Waals surface area contributed by atoms with E-state index < -0.39 is 0 Å². The van der Waals surface area contributed by atoms with E-state index in [9.17, 15) is 14.0 Å². The first-order valence-electron chi connectivity index (χ1n) is 10.8. The van der Waals surface area contributed by atoms with Crippen molar-refractivity contribution in [3.8, 4) is 0 Å². The molecule has 2 aromatic carbocycles. The second-order valence-electron chi connectivity index (χ2n) is 7.66. The molecule has 180 valence electrons. The van der Waals surface area contributed by atoms with Crippen molar-refractivity contribution in [3.05, 3.63) is 87.3 Å². The Morgan fingerprint density at radius 2 is 1.76 bits per heavy atom. The fraction of sp³-hybridized carbons (Fsp3) is 0.280. The third kappa shape index (κ3) is 8.13. The summed E-state index contributed by atoms with van der Waals surface area (Å²) in [5.74, 6) is -0.538. The molecule has 3 rings (SSSR count). The normalized spacial score (nSPS) is 10.7. The van der Waals surface area contributed by atoms with E-state index in [2.05, 4.69) is 5.32 Å². The Balaban J connectivity index is 1.74. The predicted molar refractivity (Wildman–Crippen MR) is 134 cm³/mol. The monoisotopic (exact) mass is 503 g/mol. The van der Waals surface area contributed by atoms with Crippen molar-refractivity contribution in [1.29, 1.82) is 0 Å². The summed E-state index contributed by atoms with van der Waals surface area (Å²) in [5, 5.41) is 5.33. The number of methoxy groups -OCH3 is 1. The van der Waals surface area contributed by atoms with Gasteiger partial charge in [0.15, 0.2) is 0 Å². The summed E-state index contributed by atoms with van der Waals surface area (Å²) in [5.41, 5.74) is 1.39. The summed E-state index contributed by atoms with van der Waals surface area (Å²) in [6.07, 6.45) is 0.584. The summed E-state index contributed by atoms with van der Waals surface area (Å²) in [6, 6.07) is 16.3. The Bertz CT molecular complexity index is 1050. The Hall–Kier alpha value is -2.94. The molecule has 9 heteroatoms. The highest BCUT2D eigenvalue weighted by atomic mass is 35.5. The summed E-state index contributed by atoms with van der Waals surface area (Å²) in [6.45, 7) is 1.42. The quantitative estimate of drug-likeness (QED) is 0.344. The maximum atomic E-state index is 13.4. The van der Waals surface area contributed by atoms with Crippen LogP contribution < -0.4 is 5.32 Å². The summed E-state index contributed by atoms with van der Waals surface area (Å²) < 4.78 is 18.5. The van der Waals surface area contributed by atoms with Crippen LogP contribution in [0.4, 0.5) is 14.9 Å². The number of carbonyl (C=O) groups excluding carboxylic acids is 2. The molecule has 0 unspecified atom stereocenters. The van der Waals surface area contributed by atoms with Gasteiger partial charge in [0, 0.05) is 42.4 Å². The number of ether oxygens (including phenoxy) is 1. The second kappa shape index (κ2) is 13.1. The van der Waals surface area contributed by atoms with Gasteiger partial charge in [-0.2, -0.15) is 0 Å². The number of benzene rings is 2. The first-order valence-corrected chi connectivity index (χ1v) is 12.1. The molecule has 0 radical (unpaired) electrons. The van der Waals surface area contributed by atoms with E-state index in [0.29, 0.717) is 43.4 Å². The van der Waals surface area contributed by atoms with E-state index in [-0.39, 0.29) is 24.3 Å². The van der Waals surface area contributed by atoms with Gasteiger partial charge < -0.3 is 19.9 Å². The predicted octanol–water partition coefficient (Wildman–Crippen LogP) is 5.64. The molecular formula is C25H27ClFN3O3S. The molecule has 0 aliphatic heterocycles. The second-order valence-corrected chi connectivity index (χ2v) is 9.13. The van der Waals surface area contributed by atoms with Crippen LogP contribution in [0.15, 0.2) is 66.0 Å². The number of nitrogens with zero attached hydrogens (tertiary/aromatic N) is 2. The van der Waals surface area contributed by atoms with Crippen molar-refractivity contribution in [3.63, 3.8) is 0 Å². The maximum Gasteiger partial charge on any atom is 0.322 e. The van der Waals surface area contributed by atoms with E-state index >= 15 is 0 Å². The van der Waals surface area contributed by atoms with Crippen LogP contribution in [0.2, 0.25) is 5.02 Å². The molecule has 1 heterocycles. The highest BCUT2D eigenvalue weighted by Gasteiger charge is 2.22. The summed E-state index contributed by atoms with van der Waals surface area (Å²) in [7, 11) is 1.59. The van der Waals surface area contributed by atoms with Gasteiger partial charge in [-0.05, 0) is 59.8 Å². The zero-order valence-electron chi connectivity index (χ0n) is 18.9.